The first-order valence-electron chi connectivity index (χ1n) is 10.7. The number of methoxy groups -OCH3 is 1. The predicted octanol–water partition coefficient (Wildman–Crippen LogP) is 3.36. The molecule has 3 heterocycles. The van der Waals surface area contributed by atoms with Crippen LogP contribution in [-0.4, -0.2) is 54.2 Å². The number of carbonyl (C=O) groups is 1. The fourth-order valence-corrected chi connectivity index (χ4v) is 3.88. The van der Waals surface area contributed by atoms with Gasteiger partial charge in [-0.2, -0.15) is 4.98 Å². The highest BCUT2D eigenvalue weighted by Gasteiger charge is 2.28. The third-order valence-electron chi connectivity index (χ3n) is 5.54. The van der Waals surface area contributed by atoms with Gasteiger partial charge in [0.25, 0.3) is 0 Å². The van der Waals surface area contributed by atoms with Gasteiger partial charge in [0.15, 0.2) is 0 Å². The number of fused-ring (bicyclic) bond motifs is 1. The molecule has 1 N–H and O–H groups in total. The topological polar surface area (TPSA) is 79.8 Å². The van der Waals surface area contributed by atoms with Crippen molar-refractivity contribution in [3.05, 3.63) is 35.5 Å². The number of urea groups is 1. The molecule has 0 saturated carbocycles. The molecule has 2 aromatic rings. The second-order valence-electron chi connectivity index (χ2n) is 7.59. The van der Waals surface area contributed by atoms with Gasteiger partial charge in [-0.1, -0.05) is 0 Å². The summed E-state index contributed by atoms with van der Waals surface area (Å²) in [6.07, 6.45) is 4.24. The van der Waals surface area contributed by atoms with Crippen molar-refractivity contribution in [2.24, 2.45) is 0 Å². The van der Waals surface area contributed by atoms with Crippen LogP contribution >= 0.6 is 0 Å². The summed E-state index contributed by atoms with van der Waals surface area (Å²) in [5, 5.41) is 2.87. The van der Waals surface area contributed by atoms with Crippen molar-refractivity contribution in [2.45, 2.75) is 39.2 Å². The summed E-state index contributed by atoms with van der Waals surface area (Å²) >= 11 is 0. The lowest BCUT2D eigenvalue weighted by molar-refractivity contribution is 0.191. The number of anilines is 1. The summed E-state index contributed by atoms with van der Waals surface area (Å²) in [7, 11) is 1.64. The average Bonchev–Trinajstić information content (AvgIpc) is 2.80. The Hall–Kier alpha value is -3.03. The van der Waals surface area contributed by atoms with Crippen LogP contribution in [0.3, 0.4) is 0 Å². The first kappa shape index (κ1) is 20.3. The van der Waals surface area contributed by atoms with E-state index in [0.29, 0.717) is 37.7 Å². The zero-order valence-electron chi connectivity index (χ0n) is 17.7. The minimum absolute atomic E-state index is 0.0707. The van der Waals surface area contributed by atoms with Gasteiger partial charge in [-0.05, 0) is 50.5 Å². The molecule has 0 unspecified atom stereocenters. The van der Waals surface area contributed by atoms with Crippen molar-refractivity contribution in [1.29, 1.82) is 0 Å². The second kappa shape index (κ2) is 9.19. The van der Waals surface area contributed by atoms with Crippen LogP contribution in [0.4, 0.5) is 10.7 Å². The quantitative estimate of drug-likeness (QED) is 0.813. The molecule has 4 rings (SSSR count). The van der Waals surface area contributed by atoms with E-state index in [2.05, 4.69) is 10.2 Å². The molecule has 1 aromatic carbocycles. The van der Waals surface area contributed by atoms with Gasteiger partial charge in [0.1, 0.15) is 11.5 Å². The summed E-state index contributed by atoms with van der Waals surface area (Å²) in [4.78, 5) is 26.1. The van der Waals surface area contributed by atoms with Crippen molar-refractivity contribution in [1.82, 2.24) is 20.2 Å². The van der Waals surface area contributed by atoms with Gasteiger partial charge in [0, 0.05) is 32.6 Å². The van der Waals surface area contributed by atoms with Crippen LogP contribution in [-0.2, 0) is 13.0 Å². The Morgan fingerprint density at radius 2 is 1.80 bits per heavy atom. The smallest absolute Gasteiger partial charge is 0.317 e. The lowest BCUT2D eigenvalue weighted by Crippen LogP contribution is -2.43. The molecule has 30 heavy (non-hydrogen) atoms. The molecule has 0 atom stereocenters. The average molecular weight is 412 g/mol. The summed E-state index contributed by atoms with van der Waals surface area (Å²) in [5.41, 5.74) is 1.85. The summed E-state index contributed by atoms with van der Waals surface area (Å²) in [5.74, 6) is 2.70. The largest absolute Gasteiger partial charge is 0.497 e. The summed E-state index contributed by atoms with van der Waals surface area (Å²) < 4.78 is 11.4. The van der Waals surface area contributed by atoms with Crippen molar-refractivity contribution < 1.29 is 14.3 Å². The lowest BCUT2D eigenvalue weighted by atomic mass is 10.1. The van der Waals surface area contributed by atoms with Gasteiger partial charge < -0.3 is 24.6 Å². The molecule has 8 heteroatoms. The highest BCUT2D eigenvalue weighted by Crippen LogP contribution is 2.32. The number of ether oxygens (including phenoxy) is 2. The normalized spacial score (nSPS) is 16.1. The van der Waals surface area contributed by atoms with E-state index in [-0.39, 0.29) is 6.03 Å². The SMILES string of the molecule is CCNC(=O)N1CCc2nc(N3CCCCC3)nc(Oc3ccc(OC)cc3)c2C1. The Morgan fingerprint density at radius 1 is 1.07 bits per heavy atom. The second-order valence-corrected chi connectivity index (χ2v) is 7.59. The van der Waals surface area contributed by atoms with E-state index >= 15 is 0 Å². The Balaban J connectivity index is 1.66. The molecular weight excluding hydrogens is 382 g/mol. The fourth-order valence-electron chi connectivity index (χ4n) is 3.88. The molecule has 2 aliphatic heterocycles. The molecule has 0 bridgehead atoms. The van der Waals surface area contributed by atoms with Gasteiger partial charge in [0.05, 0.1) is 24.9 Å². The first-order valence-corrected chi connectivity index (χ1v) is 10.7. The van der Waals surface area contributed by atoms with E-state index in [1.54, 1.807) is 12.0 Å². The van der Waals surface area contributed by atoms with Crippen molar-refractivity contribution >= 4 is 12.0 Å². The third-order valence-corrected chi connectivity index (χ3v) is 5.54. The molecule has 160 valence electrons. The molecule has 1 fully saturated rings. The van der Waals surface area contributed by atoms with E-state index in [9.17, 15) is 4.79 Å². The number of nitrogens with zero attached hydrogens (tertiary/aromatic N) is 4. The van der Waals surface area contributed by atoms with E-state index in [1.807, 2.05) is 31.2 Å². The summed E-state index contributed by atoms with van der Waals surface area (Å²) in [6.45, 7) is 5.52. The van der Waals surface area contributed by atoms with Gasteiger partial charge in [0.2, 0.25) is 11.8 Å². The van der Waals surface area contributed by atoms with E-state index in [1.165, 1.54) is 6.42 Å². The van der Waals surface area contributed by atoms with Crippen LogP contribution in [0.15, 0.2) is 24.3 Å². The molecule has 2 aliphatic rings. The van der Waals surface area contributed by atoms with Gasteiger partial charge >= 0.3 is 6.03 Å². The fraction of sp³-hybridized carbons (Fsp3) is 0.500. The number of hydrogen-bond acceptors (Lipinski definition) is 6. The van der Waals surface area contributed by atoms with Gasteiger partial charge in [-0.3, -0.25) is 0 Å². The van der Waals surface area contributed by atoms with Crippen molar-refractivity contribution in [3.63, 3.8) is 0 Å². The van der Waals surface area contributed by atoms with Crippen LogP contribution in [0, 0.1) is 0 Å². The number of rotatable bonds is 5. The maximum absolute atomic E-state index is 12.4. The van der Waals surface area contributed by atoms with Crippen molar-refractivity contribution in [2.75, 3.05) is 38.2 Å². The van der Waals surface area contributed by atoms with Crippen LogP contribution in [0.2, 0.25) is 0 Å². The Kier molecular flexibility index (Phi) is 6.21. The Labute approximate surface area is 177 Å². The van der Waals surface area contributed by atoms with E-state index in [0.717, 1.165) is 48.9 Å². The van der Waals surface area contributed by atoms with Gasteiger partial charge in [-0.25, -0.2) is 9.78 Å². The molecule has 1 saturated heterocycles. The number of amides is 2. The highest BCUT2D eigenvalue weighted by atomic mass is 16.5. The number of piperidine rings is 1. The van der Waals surface area contributed by atoms with Crippen LogP contribution < -0.4 is 19.7 Å². The maximum Gasteiger partial charge on any atom is 0.317 e. The molecule has 0 spiro atoms. The Morgan fingerprint density at radius 3 is 2.50 bits per heavy atom. The van der Waals surface area contributed by atoms with Crippen molar-refractivity contribution in [3.8, 4) is 17.4 Å². The first-order chi connectivity index (χ1) is 14.7. The zero-order chi connectivity index (χ0) is 20.9. The molecule has 2 amide bonds. The number of carbonyl (C=O) groups excluding carboxylic acids is 1. The van der Waals surface area contributed by atoms with Gasteiger partial charge in [-0.15, -0.1) is 0 Å². The summed E-state index contributed by atoms with van der Waals surface area (Å²) in [6, 6.07) is 7.36. The standard InChI is InChI=1S/C22H29N5O3/c1-3-23-22(28)27-14-11-19-18(15-27)20(30-17-9-7-16(29-2)8-10-17)25-21(24-19)26-12-5-4-6-13-26/h7-10H,3-6,11-15H2,1-2H3,(H,23,28). The third kappa shape index (κ3) is 4.42. The minimum Gasteiger partial charge on any atom is -0.497 e. The number of nitrogens with one attached hydrogen (secondary N) is 1. The maximum atomic E-state index is 12.4. The highest BCUT2D eigenvalue weighted by molar-refractivity contribution is 5.74. The monoisotopic (exact) mass is 411 g/mol. The lowest BCUT2D eigenvalue weighted by Gasteiger charge is -2.31. The predicted molar refractivity (Wildman–Crippen MR) is 114 cm³/mol. The zero-order valence-corrected chi connectivity index (χ0v) is 17.7. The van der Waals surface area contributed by atoms with Crippen LogP contribution in [0.5, 0.6) is 17.4 Å². The van der Waals surface area contributed by atoms with Crippen LogP contribution in [0.25, 0.3) is 0 Å². The van der Waals surface area contributed by atoms with E-state index < -0.39 is 0 Å². The number of benzene rings is 1. The number of aromatic nitrogens is 2. The minimum atomic E-state index is -0.0707. The van der Waals surface area contributed by atoms with E-state index in [4.69, 9.17) is 19.4 Å². The number of hydrogen-bond donors (Lipinski definition) is 1. The molecule has 0 radical (unpaired) electrons. The Bertz CT molecular complexity index is 881. The molecule has 0 aliphatic carbocycles. The molecule has 8 nitrogen and oxygen atoms in total. The van der Waals surface area contributed by atoms with Crippen LogP contribution in [0.1, 0.15) is 37.4 Å². The molecular formula is C22H29N5O3. The molecule has 1 aromatic heterocycles.